The lowest BCUT2D eigenvalue weighted by Gasteiger charge is -2.44. The van der Waals surface area contributed by atoms with Crippen molar-refractivity contribution in [3.05, 3.63) is 22.7 Å². The fourth-order valence-corrected chi connectivity index (χ4v) is 3.25. The summed E-state index contributed by atoms with van der Waals surface area (Å²) in [7, 11) is 0. The van der Waals surface area contributed by atoms with E-state index in [9.17, 15) is 24.0 Å². The van der Waals surface area contributed by atoms with Crippen LogP contribution < -0.4 is 10.4 Å². The van der Waals surface area contributed by atoms with Gasteiger partial charge < -0.3 is 28.4 Å². The Balaban J connectivity index is 2.58. The molecule has 0 bridgehead atoms. The zero-order valence-corrected chi connectivity index (χ0v) is 18.8. The van der Waals surface area contributed by atoms with Crippen LogP contribution in [0, 0.1) is 0 Å². The molecule has 182 valence electrons. The Hall–Kier alpha value is -3.48. The van der Waals surface area contributed by atoms with Gasteiger partial charge in [0.15, 0.2) is 24.5 Å². The highest BCUT2D eigenvalue weighted by molar-refractivity contribution is 5.68. The molecule has 1 aromatic heterocycles. The number of carbonyl (C=O) groups is 4. The maximum Gasteiger partial charge on any atom is 0.353 e. The molecule has 0 amide bonds. The van der Waals surface area contributed by atoms with Crippen LogP contribution in [-0.4, -0.2) is 71.1 Å². The van der Waals surface area contributed by atoms with Gasteiger partial charge in [-0.05, 0) is 6.92 Å². The molecule has 13 nitrogen and oxygen atoms in total. The van der Waals surface area contributed by atoms with Gasteiger partial charge in [-0.1, -0.05) is 0 Å². The van der Waals surface area contributed by atoms with Crippen LogP contribution in [0.2, 0.25) is 0 Å². The number of esters is 4. The van der Waals surface area contributed by atoms with Crippen LogP contribution in [0.4, 0.5) is 0 Å². The van der Waals surface area contributed by atoms with E-state index < -0.39 is 66.8 Å². The lowest BCUT2D eigenvalue weighted by molar-refractivity contribution is -0.269. The van der Waals surface area contributed by atoms with E-state index in [4.69, 9.17) is 28.4 Å². The summed E-state index contributed by atoms with van der Waals surface area (Å²) in [5.41, 5.74) is -0.818. The molecule has 0 spiro atoms. The van der Waals surface area contributed by atoms with E-state index >= 15 is 0 Å². The maximum absolute atomic E-state index is 12.7. The third-order valence-corrected chi connectivity index (χ3v) is 4.34. The minimum absolute atomic E-state index is 0.0596. The van der Waals surface area contributed by atoms with Crippen molar-refractivity contribution < 1.29 is 47.6 Å². The van der Waals surface area contributed by atoms with E-state index in [2.05, 4.69) is 4.98 Å². The van der Waals surface area contributed by atoms with Crippen molar-refractivity contribution in [1.82, 2.24) is 9.55 Å². The largest absolute Gasteiger partial charge is 0.478 e. The third-order valence-electron chi connectivity index (χ3n) is 4.34. The van der Waals surface area contributed by atoms with Crippen LogP contribution in [0.5, 0.6) is 5.88 Å². The van der Waals surface area contributed by atoms with E-state index in [1.165, 1.54) is 12.3 Å². The standard InChI is InChI=1S/C20H26N2O11/c1-6-28-15-7-8-22(20(27)21-15)19-18(32-13(5)26)17(31-12(4)25)16(30-11(3)24)14(33-19)9-29-10(2)23/h7-8,14,16-19H,6,9H2,1-5H3. The lowest BCUT2D eigenvalue weighted by atomic mass is 9.97. The average molecular weight is 470 g/mol. The number of hydrogen-bond acceptors (Lipinski definition) is 12. The molecule has 5 atom stereocenters. The molecule has 1 aliphatic rings. The fraction of sp³-hybridized carbons (Fsp3) is 0.600. The monoisotopic (exact) mass is 470 g/mol. The van der Waals surface area contributed by atoms with E-state index in [1.54, 1.807) is 6.92 Å². The number of ether oxygens (including phenoxy) is 6. The van der Waals surface area contributed by atoms with Gasteiger partial charge in [0.1, 0.15) is 12.7 Å². The van der Waals surface area contributed by atoms with Crippen molar-refractivity contribution in [3.8, 4) is 5.88 Å². The van der Waals surface area contributed by atoms with Crippen molar-refractivity contribution in [2.75, 3.05) is 13.2 Å². The Morgan fingerprint density at radius 2 is 1.52 bits per heavy atom. The minimum atomic E-state index is -1.42. The van der Waals surface area contributed by atoms with Gasteiger partial charge in [-0.15, -0.1) is 0 Å². The van der Waals surface area contributed by atoms with Crippen molar-refractivity contribution in [2.24, 2.45) is 0 Å². The molecule has 0 radical (unpaired) electrons. The van der Waals surface area contributed by atoms with E-state index in [0.717, 1.165) is 32.3 Å². The van der Waals surface area contributed by atoms with Crippen LogP contribution in [0.1, 0.15) is 40.8 Å². The molecule has 13 heteroatoms. The average Bonchev–Trinajstić information content (AvgIpc) is 2.69. The SMILES string of the molecule is CCOc1ccn(C2OC(COC(C)=O)C(OC(C)=O)C(OC(C)=O)C2OC(C)=O)c(=O)n1. The molecule has 0 aliphatic carbocycles. The topological polar surface area (TPSA) is 159 Å². The smallest absolute Gasteiger partial charge is 0.353 e. The molecule has 1 aromatic rings. The molecule has 5 unspecified atom stereocenters. The Kier molecular flexibility index (Phi) is 8.91. The second kappa shape index (κ2) is 11.4. The van der Waals surface area contributed by atoms with Gasteiger partial charge in [-0.2, -0.15) is 4.98 Å². The summed E-state index contributed by atoms with van der Waals surface area (Å²) >= 11 is 0. The first-order valence-corrected chi connectivity index (χ1v) is 10.1. The molecule has 1 saturated heterocycles. The van der Waals surface area contributed by atoms with E-state index in [0.29, 0.717) is 0 Å². The van der Waals surface area contributed by atoms with Crippen LogP contribution in [0.15, 0.2) is 17.1 Å². The summed E-state index contributed by atoms with van der Waals surface area (Å²) in [5.74, 6) is -2.91. The summed E-state index contributed by atoms with van der Waals surface area (Å²) in [5, 5.41) is 0. The van der Waals surface area contributed by atoms with Gasteiger partial charge >= 0.3 is 29.6 Å². The van der Waals surface area contributed by atoms with Crippen molar-refractivity contribution in [2.45, 2.75) is 65.3 Å². The number of carbonyl (C=O) groups excluding carboxylic acids is 4. The molecule has 33 heavy (non-hydrogen) atoms. The lowest BCUT2D eigenvalue weighted by Crippen LogP contribution is -2.61. The number of aromatic nitrogens is 2. The van der Waals surface area contributed by atoms with Crippen LogP contribution in [-0.2, 0) is 42.9 Å². The molecular formula is C20H26N2O11. The first-order chi connectivity index (χ1) is 15.5. The van der Waals surface area contributed by atoms with Crippen molar-refractivity contribution >= 4 is 23.9 Å². The third kappa shape index (κ3) is 7.00. The molecule has 0 N–H and O–H groups in total. The van der Waals surface area contributed by atoms with Crippen molar-refractivity contribution in [1.29, 1.82) is 0 Å². The first kappa shape index (κ1) is 25.8. The first-order valence-electron chi connectivity index (χ1n) is 10.1. The highest BCUT2D eigenvalue weighted by atomic mass is 16.7. The Morgan fingerprint density at radius 3 is 2.03 bits per heavy atom. The summed E-state index contributed by atoms with van der Waals surface area (Å²) in [6, 6.07) is 1.39. The normalized spacial score (nSPS) is 24.3. The van der Waals surface area contributed by atoms with Gasteiger partial charge in [0.2, 0.25) is 5.88 Å². The number of nitrogens with zero attached hydrogens (tertiary/aromatic N) is 2. The Bertz CT molecular complexity index is 944. The van der Waals surface area contributed by atoms with Crippen LogP contribution in [0.25, 0.3) is 0 Å². The second-order valence-electron chi connectivity index (χ2n) is 6.98. The fourth-order valence-electron chi connectivity index (χ4n) is 3.25. The van der Waals surface area contributed by atoms with Crippen LogP contribution in [0.3, 0.4) is 0 Å². The number of hydrogen-bond donors (Lipinski definition) is 0. The predicted octanol–water partition coefficient (Wildman–Crippen LogP) is -0.102. The Labute approximate surface area is 188 Å². The number of rotatable bonds is 8. The molecule has 0 aromatic carbocycles. The quantitative estimate of drug-likeness (QED) is 0.367. The van der Waals surface area contributed by atoms with Gasteiger partial charge in [0, 0.05) is 40.0 Å². The van der Waals surface area contributed by atoms with E-state index in [-0.39, 0.29) is 12.5 Å². The molecule has 2 heterocycles. The van der Waals surface area contributed by atoms with Gasteiger partial charge in [-0.3, -0.25) is 23.7 Å². The molecule has 0 saturated carbocycles. The highest BCUT2D eigenvalue weighted by Crippen LogP contribution is 2.34. The van der Waals surface area contributed by atoms with Gasteiger partial charge in [0.05, 0.1) is 6.61 Å². The van der Waals surface area contributed by atoms with Gasteiger partial charge in [-0.25, -0.2) is 4.79 Å². The summed E-state index contributed by atoms with van der Waals surface area (Å²) in [4.78, 5) is 63.3. The summed E-state index contributed by atoms with van der Waals surface area (Å²) < 4.78 is 33.1. The molecule has 1 aliphatic heterocycles. The molecular weight excluding hydrogens is 444 g/mol. The maximum atomic E-state index is 12.7. The Morgan fingerprint density at radius 1 is 0.939 bits per heavy atom. The van der Waals surface area contributed by atoms with Crippen LogP contribution >= 0.6 is 0 Å². The zero-order valence-electron chi connectivity index (χ0n) is 18.8. The summed E-state index contributed by atoms with van der Waals surface area (Å²) in [6.07, 6.45) is -5.40. The van der Waals surface area contributed by atoms with Gasteiger partial charge in [0.25, 0.3) is 0 Å². The second-order valence-corrected chi connectivity index (χ2v) is 6.98. The van der Waals surface area contributed by atoms with Crippen molar-refractivity contribution in [3.63, 3.8) is 0 Å². The molecule has 1 fully saturated rings. The summed E-state index contributed by atoms with van der Waals surface area (Å²) in [6.45, 7) is 6.06. The molecule has 2 rings (SSSR count). The zero-order chi connectivity index (χ0) is 24.7. The highest BCUT2D eigenvalue weighted by Gasteiger charge is 2.53. The predicted molar refractivity (Wildman–Crippen MR) is 107 cm³/mol. The minimum Gasteiger partial charge on any atom is -0.478 e. The van der Waals surface area contributed by atoms with E-state index in [1.807, 2.05) is 0 Å².